The molecule has 4 nitrogen and oxygen atoms in total. The number of carbonyl (C=O) groups is 2. The van der Waals surface area contributed by atoms with Crippen molar-refractivity contribution in [1.29, 1.82) is 0 Å². The first-order valence-electron chi connectivity index (χ1n) is 18.6. The Bertz CT molecular complexity index is 1440. The minimum Gasteiger partial charge on any atom is -0.462 e. The highest BCUT2D eigenvalue weighted by molar-refractivity contribution is 5.69. The van der Waals surface area contributed by atoms with Crippen LogP contribution in [0.15, 0.2) is 117 Å². The third kappa shape index (κ3) is 18.4. The predicted molar refractivity (Wildman–Crippen MR) is 215 cm³/mol. The first kappa shape index (κ1) is 44.4. The van der Waals surface area contributed by atoms with Crippen LogP contribution in [0.2, 0.25) is 0 Å². The maximum Gasteiger partial charge on any atom is 0.306 e. The first-order valence-corrected chi connectivity index (χ1v) is 18.6. The third-order valence-corrected chi connectivity index (χ3v) is 9.34. The van der Waals surface area contributed by atoms with Gasteiger partial charge in [0.05, 0.1) is 0 Å². The summed E-state index contributed by atoms with van der Waals surface area (Å²) in [7, 11) is 0. The molecule has 2 aliphatic rings. The predicted octanol–water partition coefficient (Wildman–Crippen LogP) is 12.9. The zero-order valence-corrected chi connectivity index (χ0v) is 33.6. The maximum absolute atomic E-state index is 11.3. The summed E-state index contributed by atoms with van der Waals surface area (Å²) < 4.78 is 10.0. The molecule has 0 bridgehead atoms. The van der Waals surface area contributed by atoms with Gasteiger partial charge in [0.15, 0.2) is 0 Å². The van der Waals surface area contributed by atoms with Gasteiger partial charge in [-0.15, -0.1) is 0 Å². The van der Waals surface area contributed by atoms with Gasteiger partial charge in [0.25, 0.3) is 0 Å². The summed E-state index contributed by atoms with van der Waals surface area (Å²) in [4.78, 5) is 22.0. The second-order valence-electron chi connectivity index (χ2n) is 15.2. The average Bonchev–Trinajstić information content (AvgIpc) is 3.00. The molecule has 0 atom stereocenters. The minimum absolute atomic E-state index is 0.128. The Labute approximate surface area is 306 Å². The Morgan fingerprint density at radius 3 is 1.44 bits per heavy atom. The Kier molecular flexibility index (Phi) is 20.4. The molecule has 276 valence electrons. The molecule has 0 fully saturated rings. The molecule has 0 radical (unpaired) electrons. The molecule has 0 aliphatic heterocycles. The fourth-order valence-corrected chi connectivity index (χ4v) is 6.23. The molecular weight excluding hydrogens is 617 g/mol. The van der Waals surface area contributed by atoms with Gasteiger partial charge in [-0.2, -0.15) is 0 Å². The van der Waals surface area contributed by atoms with Crippen molar-refractivity contribution >= 4 is 11.9 Å². The lowest BCUT2D eigenvalue weighted by Gasteiger charge is -2.33. The van der Waals surface area contributed by atoms with Crippen molar-refractivity contribution in [3.05, 3.63) is 117 Å². The van der Waals surface area contributed by atoms with Gasteiger partial charge in [0.1, 0.15) is 13.2 Å². The summed E-state index contributed by atoms with van der Waals surface area (Å²) in [6.07, 6.45) is 34.1. The topological polar surface area (TPSA) is 52.6 Å². The summed E-state index contributed by atoms with van der Waals surface area (Å²) in [6.45, 7) is 26.2. The van der Waals surface area contributed by atoms with E-state index in [-0.39, 0.29) is 22.8 Å². The zero-order chi connectivity index (χ0) is 37.7. The highest BCUT2D eigenvalue weighted by Crippen LogP contribution is 2.41. The molecule has 0 saturated heterocycles. The molecule has 0 unspecified atom stereocenters. The van der Waals surface area contributed by atoms with E-state index in [1.807, 2.05) is 57.2 Å². The number of hydrogen-bond acceptors (Lipinski definition) is 4. The van der Waals surface area contributed by atoms with E-state index in [0.717, 1.165) is 17.6 Å². The fourth-order valence-electron chi connectivity index (χ4n) is 6.23. The lowest BCUT2D eigenvalue weighted by molar-refractivity contribution is -0.142. The van der Waals surface area contributed by atoms with Crippen LogP contribution in [-0.4, -0.2) is 25.2 Å². The lowest BCUT2D eigenvalue weighted by Crippen LogP contribution is -2.19. The van der Waals surface area contributed by atoms with Crippen LogP contribution < -0.4 is 0 Å². The standard InChI is InChI=1S/C24H36O2.C22H32O2/c1-7-10-23(25)26-18-16-20(3)12-8-11-19(2)14-15-22-21(4)13-9-17-24(22,5)6;1-17(9-7-10-18(2)14-16-24-20(4)23)12-13-21-19(3)11-8-15-22(21,5)6/h8,11-12,14-16H,7,9-10,13,17-18H2,1-6H3;7,9-10,12-14H,8,11,15-16H2,1-6H3. The number of rotatable bonds is 14. The first-order chi connectivity index (χ1) is 23.5. The average molecular weight is 685 g/mol. The van der Waals surface area contributed by atoms with Crippen LogP contribution in [-0.2, 0) is 19.1 Å². The van der Waals surface area contributed by atoms with Crippen molar-refractivity contribution in [2.24, 2.45) is 10.8 Å². The van der Waals surface area contributed by atoms with Crippen LogP contribution >= 0.6 is 0 Å². The van der Waals surface area contributed by atoms with Gasteiger partial charge >= 0.3 is 11.9 Å². The lowest BCUT2D eigenvalue weighted by atomic mass is 9.72. The van der Waals surface area contributed by atoms with E-state index in [4.69, 9.17) is 9.47 Å². The molecule has 2 aliphatic carbocycles. The Morgan fingerprint density at radius 1 is 0.640 bits per heavy atom. The van der Waals surface area contributed by atoms with Crippen molar-refractivity contribution in [1.82, 2.24) is 0 Å². The summed E-state index contributed by atoms with van der Waals surface area (Å²) in [5.74, 6) is -0.379. The van der Waals surface area contributed by atoms with Gasteiger partial charge in [-0.25, -0.2) is 0 Å². The fraction of sp³-hybridized carbons (Fsp3) is 0.522. The van der Waals surface area contributed by atoms with E-state index in [1.165, 1.54) is 78.9 Å². The quantitative estimate of drug-likeness (QED) is 0.135. The molecule has 0 saturated carbocycles. The molecule has 0 amide bonds. The van der Waals surface area contributed by atoms with Crippen LogP contribution in [0, 0.1) is 10.8 Å². The number of allylic oxidation sites excluding steroid dienone is 18. The minimum atomic E-state index is -0.251. The van der Waals surface area contributed by atoms with Gasteiger partial charge in [-0.3, -0.25) is 9.59 Å². The third-order valence-electron chi connectivity index (χ3n) is 9.34. The summed E-state index contributed by atoms with van der Waals surface area (Å²) >= 11 is 0. The summed E-state index contributed by atoms with van der Waals surface area (Å²) in [6, 6.07) is 0. The Morgan fingerprint density at radius 2 is 1.06 bits per heavy atom. The van der Waals surface area contributed by atoms with Gasteiger partial charge in [0, 0.05) is 13.3 Å². The van der Waals surface area contributed by atoms with E-state index in [9.17, 15) is 9.59 Å². The highest BCUT2D eigenvalue weighted by atomic mass is 16.5. The van der Waals surface area contributed by atoms with Gasteiger partial charge in [-0.05, 0) is 121 Å². The summed E-state index contributed by atoms with van der Waals surface area (Å²) in [5.41, 5.74) is 11.2. The van der Waals surface area contributed by atoms with E-state index < -0.39 is 0 Å². The monoisotopic (exact) mass is 685 g/mol. The largest absolute Gasteiger partial charge is 0.462 e. The molecule has 0 aromatic rings. The molecule has 0 spiro atoms. The zero-order valence-electron chi connectivity index (χ0n) is 33.6. The number of esters is 2. The van der Waals surface area contributed by atoms with Crippen molar-refractivity contribution in [2.75, 3.05) is 13.2 Å². The molecule has 2 rings (SSSR count). The Balaban J connectivity index is 0.000000502. The number of ether oxygens (including phenoxy) is 2. The van der Waals surface area contributed by atoms with Crippen LogP contribution in [0.4, 0.5) is 0 Å². The summed E-state index contributed by atoms with van der Waals surface area (Å²) in [5, 5.41) is 0. The number of carbonyl (C=O) groups excluding carboxylic acids is 2. The van der Waals surface area contributed by atoms with Gasteiger partial charge < -0.3 is 9.47 Å². The molecule has 0 aromatic heterocycles. The molecule has 4 heteroatoms. The normalized spacial score (nSPS) is 19.1. The second-order valence-corrected chi connectivity index (χ2v) is 15.2. The van der Waals surface area contributed by atoms with Crippen LogP contribution in [0.25, 0.3) is 0 Å². The molecule has 50 heavy (non-hydrogen) atoms. The second kappa shape index (κ2) is 22.9. The maximum atomic E-state index is 11.3. The molecular formula is C46H68O4. The van der Waals surface area contributed by atoms with Gasteiger partial charge in [0.2, 0.25) is 0 Å². The smallest absolute Gasteiger partial charge is 0.306 e. The van der Waals surface area contributed by atoms with Crippen molar-refractivity contribution < 1.29 is 19.1 Å². The SMILES string of the molecule is CC(=O)OCC=C(C)C=CC=C(C)C=CC1=C(C)CCCC1(C)C.CCCC(=O)OCC=C(C)C=CC=C(C)C=CC1=C(C)CCCC1(C)C. The molecule has 0 N–H and O–H groups in total. The van der Waals surface area contributed by atoms with E-state index in [1.54, 1.807) is 0 Å². The van der Waals surface area contributed by atoms with Crippen molar-refractivity contribution in [2.45, 2.75) is 134 Å². The van der Waals surface area contributed by atoms with Gasteiger partial charge in [-0.1, -0.05) is 129 Å². The van der Waals surface area contributed by atoms with E-state index in [2.05, 4.69) is 91.8 Å². The van der Waals surface area contributed by atoms with Crippen LogP contribution in [0.1, 0.15) is 134 Å². The van der Waals surface area contributed by atoms with Crippen LogP contribution in [0.3, 0.4) is 0 Å². The highest BCUT2D eigenvalue weighted by Gasteiger charge is 2.27. The van der Waals surface area contributed by atoms with E-state index in [0.29, 0.717) is 19.6 Å². The van der Waals surface area contributed by atoms with E-state index >= 15 is 0 Å². The Hall–Kier alpha value is -3.66. The molecule has 0 aromatic carbocycles. The van der Waals surface area contributed by atoms with Crippen molar-refractivity contribution in [3.8, 4) is 0 Å². The van der Waals surface area contributed by atoms with Crippen molar-refractivity contribution in [3.63, 3.8) is 0 Å². The molecule has 0 heterocycles. The van der Waals surface area contributed by atoms with Crippen LogP contribution in [0.5, 0.6) is 0 Å². The number of hydrogen-bond donors (Lipinski definition) is 0.